The molecule has 0 aliphatic heterocycles. The van der Waals surface area contributed by atoms with Crippen LogP contribution in [0.15, 0.2) is 11.4 Å². The molecule has 88 valence electrons. The van der Waals surface area contributed by atoms with Gasteiger partial charge in [-0.15, -0.1) is 0 Å². The van der Waals surface area contributed by atoms with Crippen molar-refractivity contribution in [2.45, 2.75) is 52.6 Å². The second-order valence-electron chi connectivity index (χ2n) is 5.72. The number of hydrogen-bond donors (Lipinski definition) is 2. The largest absolute Gasteiger partial charge is 0.370 e. The molecule has 0 rings (SSSR count). The van der Waals surface area contributed by atoms with Gasteiger partial charge >= 0.3 is 0 Å². The third kappa shape index (κ3) is 5.93. The summed E-state index contributed by atoms with van der Waals surface area (Å²) in [6, 6.07) is 4.03. The maximum absolute atomic E-state index is 9.03. The lowest BCUT2D eigenvalue weighted by atomic mass is 10.1. The van der Waals surface area contributed by atoms with Gasteiger partial charge in [-0.25, -0.2) is 0 Å². The van der Waals surface area contributed by atoms with E-state index in [4.69, 9.17) is 10.5 Å². The molecule has 4 nitrogen and oxygen atoms in total. The van der Waals surface area contributed by atoms with Crippen molar-refractivity contribution in [3.8, 4) is 12.1 Å². The summed E-state index contributed by atoms with van der Waals surface area (Å²) >= 11 is 0. The van der Waals surface area contributed by atoms with Gasteiger partial charge in [-0.05, 0) is 41.5 Å². The summed E-state index contributed by atoms with van der Waals surface area (Å²) in [7, 11) is 0. The highest BCUT2D eigenvalue weighted by Gasteiger charge is 2.18. The van der Waals surface area contributed by atoms with Crippen molar-refractivity contribution in [2.24, 2.45) is 0 Å². The van der Waals surface area contributed by atoms with Gasteiger partial charge < -0.3 is 10.6 Å². The van der Waals surface area contributed by atoms with Crippen LogP contribution in [-0.2, 0) is 0 Å². The fraction of sp³-hybridized carbons (Fsp3) is 0.667. The predicted octanol–water partition coefficient (Wildman–Crippen LogP) is 2.02. The minimum Gasteiger partial charge on any atom is -0.370 e. The zero-order valence-corrected chi connectivity index (χ0v) is 10.9. The van der Waals surface area contributed by atoms with E-state index in [0.717, 1.165) is 0 Å². The zero-order chi connectivity index (χ0) is 13.0. The summed E-state index contributed by atoms with van der Waals surface area (Å²) in [5.41, 5.74) is 0.0780. The molecule has 0 bridgehead atoms. The minimum atomic E-state index is -0.243. The van der Waals surface area contributed by atoms with Gasteiger partial charge in [0, 0.05) is 11.1 Å². The maximum Gasteiger partial charge on any atom is 0.148 e. The monoisotopic (exact) mass is 220 g/mol. The number of allylic oxidation sites excluding steroid dienone is 2. The van der Waals surface area contributed by atoms with Crippen molar-refractivity contribution >= 4 is 0 Å². The molecule has 0 saturated carbocycles. The highest BCUT2D eigenvalue weighted by molar-refractivity contribution is 5.35. The number of nitriles is 2. The van der Waals surface area contributed by atoms with Crippen LogP contribution >= 0.6 is 0 Å². The van der Waals surface area contributed by atoms with Gasteiger partial charge in [-0.2, -0.15) is 10.5 Å². The second kappa shape index (κ2) is 4.90. The topological polar surface area (TPSA) is 71.6 Å². The first kappa shape index (κ1) is 14.3. The summed E-state index contributed by atoms with van der Waals surface area (Å²) in [6.07, 6.45) is 0. The molecule has 0 aliphatic rings. The van der Waals surface area contributed by atoms with Crippen molar-refractivity contribution in [2.75, 3.05) is 0 Å². The van der Waals surface area contributed by atoms with Crippen LogP contribution in [0.2, 0.25) is 0 Å². The molecule has 0 amide bonds. The van der Waals surface area contributed by atoms with Crippen LogP contribution in [0.5, 0.6) is 0 Å². The molecule has 0 radical (unpaired) electrons. The van der Waals surface area contributed by atoms with Crippen LogP contribution < -0.4 is 10.6 Å². The number of rotatable bonds is 2. The van der Waals surface area contributed by atoms with Gasteiger partial charge in [0.1, 0.15) is 23.5 Å². The van der Waals surface area contributed by atoms with Gasteiger partial charge in [-0.3, -0.25) is 0 Å². The molecule has 0 unspecified atom stereocenters. The Balaban J connectivity index is 5.13. The third-order valence-electron chi connectivity index (χ3n) is 1.47. The summed E-state index contributed by atoms with van der Waals surface area (Å²) in [5, 5.41) is 24.1. The Hall–Kier alpha value is -1.68. The van der Waals surface area contributed by atoms with E-state index >= 15 is 0 Å². The first-order valence-corrected chi connectivity index (χ1v) is 5.20. The maximum atomic E-state index is 9.03. The molecule has 0 aromatic heterocycles. The van der Waals surface area contributed by atoms with Gasteiger partial charge in [0.15, 0.2) is 0 Å². The van der Waals surface area contributed by atoms with E-state index in [0.29, 0.717) is 0 Å². The van der Waals surface area contributed by atoms with Crippen LogP contribution in [0.3, 0.4) is 0 Å². The molecule has 0 saturated heterocycles. The van der Waals surface area contributed by atoms with Crippen LogP contribution in [0.4, 0.5) is 0 Å². The first-order valence-electron chi connectivity index (χ1n) is 5.20. The van der Waals surface area contributed by atoms with Crippen LogP contribution in [0, 0.1) is 22.7 Å². The average molecular weight is 220 g/mol. The molecule has 0 atom stereocenters. The molecule has 0 aliphatic carbocycles. The summed E-state index contributed by atoms with van der Waals surface area (Å²) in [5.74, 6) is 0. The van der Waals surface area contributed by atoms with Gasteiger partial charge in [0.05, 0.1) is 0 Å². The average Bonchev–Trinajstić information content (AvgIpc) is 2.07. The molecule has 0 heterocycles. The molecule has 0 spiro atoms. The molecule has 4 heteroatoms. The van der Waals surface area contributed by atoms with E-state index in [1.807, 2.05) is 53.7 Å². The van der Waals surface area contributed by atoms with E-state index in [2.05, 4.69) is 10.6 Å². The minimum absolute atomic E-state index is 0.243. The third-order valence-corrected chi connectivity index (χ3v) is 1.47. The Kier molecular flexibility index (Phi) is 4.38. The van der Waals surface area contributed by atoms with Crippen LogP contribution in [0.25, 0.3) is 0 Å². The number of hydrogen-bond acceptors (Lipinski definition) is 4. The highest BCUT2D eigenvalue weighted by atomic mass is 15.0. The zero-order valence-electron chi connectivity index (χ0n) is 10.9. The standard InChI is InChI=1S/C12H20N4/c1-11(2,3)15-9(7-13)10(8-14)16-12(4,5)6/h15-16H,1-6H3/b10-9-. The summed E-state index contributed by atoms with van der Waals surface area (Å²) < 4.78 is 0. The SMILES string of the molecule is CC(C)(C)N/C(C#N)=C(/C#N)NC(C)(C)C. The van der Waals surface area contributed by atoms with E-state index < -0.39 is 0 Å². The molecule has 0 aromatic carbocycles. The lowest BCUT2D eigenvalue weighted by Gasteiger charge is -2.25. The Morgan fingerprint density at radius 1 is 0.750 bits per heavy atom. The number of nitrogens with zero attached hydrogens (tertiary/aromatic N) is 2. The van der Waals surface area contributed by atoms with Gasteiger partial charge in [0.2, 0.25) is 0 Å². The molecular formula is C12H20N4. The van der Waals surface area contributed by atoms with Crippen LogP contribution in [-0.4, -0.2) is 11.1 Å². The smallest absolute Gasteiger partial charge is 0.148 e. The van der Waals surface area contributed by atoms with Crippen molar-refractivity contribution < 1.29 is 0 Å². The Morgan fingerprint density at radius 3 is 1.12 bits per heavy atom. The quantitative estimate of drug-likeness (QED) is 0.698. The Morgan fingerprint density at radius 2 is 1.00 bits per heavy atom. The second-order valence-corrected chi connectivity index (χ2v) is 5.72. The fourth-order valence-corrected chi connectivity index (χ4v) is 1.04. The van der Waals surface area contributed by atoms with E-state index in [1.165, 1.54) is 0 Å². The predicted molar refractivity (Wildman–Crippen MR) is 64.0 cm³/mol. The van der Waals surface area contributed by atoms with Gasteiger partial charge in [0.25, 0.3) is 0 Å². The van der Waals surface area contributed by atoms with Crippen LogP contribution in [0.1, 0.15) is 41.5 Å². The first-order chi connectivity index (χ1) is 7.09. The molecule has 0 aromatic rings. The molecular weight excluding hydrogens is 200 g/mol. The fourth-order valence-electron chi connectivity index (χ4n) is 1.04. The van der Waals surface area contributed by atoms with Crippen molar-refractivity contribution in [1.82, 2.24) is 10.6 Å². The van der Waals surface area contributed by atoms with E-state index in [9.17, 15) is 0 Å². The van der Waals surface area contributed by atoms with Crippen molar-refractivity contribution in [3.05, 3.63) is 11.4 Å². The normalized spacial score (nSPS) is 13.2. The molecule has 0 fully saturated rings. The lowest BCUT2D eigenvalue weighted by molar-refractivity contribution is 0.455. The van der Waals surface area contributed by atoms with Crippen molar-refractivity contribution in [3.63, 3.8) is 0 Å². The number of nitrogens with one attached hydrogen (secondary N) is 2. The summed E-state index contributed by atoms with van der Waals surface area (Å²) in [6.45, 7) is 11.6. The van der Waals surface area contributed by atoms with Gasteiger partial charge in [-0.1, -0.05) is 0 Å². The lowest BCUT2D eigenvalue weighted by Crippen LogP contribution is -2.40. The summed E-state index contributed by atoms with van der Waals surface area (Å²) in [4.78, 5) is 0. The van der Waals surface area contributed by atoms with E-state index in [1.54, 1.807) is 0 Å². The van der Waals surface area contributed by atoms with Crippen molar-refractivity contribution in [1.29, 1.82) is 10.5 Å². The van der Waals surface area contributed by atoms with E-state index in [-0.39, 0.29) is 22.5 Å². The Bertz CT molecular complexity index is 316. The highest BCUT2D eigenvalue weighted by Crippen LogP contribution is 2.09. The molecule has 16 heavy (non-hydrogen) atoms. The Labute approximate surface area is 97.9 Å². The molecule has 2 N–H and O–H groups in total.